The summed E-state index contributed by atoms with van der Waals surface area (Å²) in [5, 5.41) is 5.27. The number of hydrogen-bond donors (Lipinski definition) is 1. The number of rotatable bonds is 8. The average Bonchev–Trinajstić information content (AvgIpc) is 3.14. The third-order valence-corrected chi connectivity index (χ3v) is 5.43. The lowest BCUT2D eigenvalue weighted by Crippen LogP contribution is -2.16. The Labute approximate surface area is 162 Å². The molecule has 0 unspecified atom stereocenters. The van der Waals surface area contributed by atoms with Gasteiger partial charge in [0, 0.05) is 23.3 Å². The molecule has 3 rings (SSSR count). The highest BCUT2D eigenvalue weighted by molar-refractivity contribution is 7.15. The van der Waals surface area contributed by atoms with Gasteiger partial charge >= 0.3 is 0 Å². The van der Waals surface area contributed by atoms with Crippen LogP contribution in [0.3, 0.4) is 0 Å². The minimum Gasteiger partial charge on any atom is -0.493 e. The lowest BCUT2D eigenvalue weighted by molar-refractivity contribution is 0.356. The maximum absolute atomic E-state index is 6.18. The summed E-state index contributed by atoms with van der Waals surface area (Å²) >= 11 is 7.83. The van der Waals surface area contributed by atoms with Crippen molar-refractivity contribution in [1.82, 2.24) is 10.3 Å². The van der Waals surface area contributed by atoms with Gasteiger partial charge in [0.25, 0.3) is 0 Å². The Balaban J connectivity index is 1.61. The van der Waals surface area contributed by atoms with Crippen molar-refractivity contribution in [2.45, 2.75) is 13.0 Å². The third-order valence-electron chi connectivity index (χ3n) is 4.03. The fourth-order valence-corrected chi connectivity index (χ4v) is 3.86. The van der Waals surface area contributed by atoms with Gasteiger partial charge in [-0.05, 0) is 36.7 Å². The van der Waals surface area contributed by atoms with Crippen LogP contribution in [-0.2, 0) is 13.0 Å². The summed E-state index contributed by atoms with van der Waals surface area (Å²) in [6, 6.07) is 13.8. The Bertz CT molecular complexity index is 867. The number of aromatic nitrogens is 1. The first-order valence-corrected chi connectivity index (χ1v) is 9.52. The Kier molecular flexibility index (Phi) is 6.50. The molecule has 0 saturated carbocycles. The van der Waals surface area contributed by atoms with E-state index in [1.807, 2.05) is 42.6 Å². The minimum absolute atomic E-state index is 0.720. The van der Waals surface area contributed by atoms with Crippen LogP contribution in [0.15, 0.2) is 48.7 Å². The first-order valence-electron chi connectivity index (χ1n) is 8.33. The third kappa shape index (κ3) is 4.36. The monoisotopic (exact) mass is 388 g/mol. The molecule has 26 heavy (non-hydrogen) atoms. The van der Waals surface area contributed by atoms with Crippen LogP contribution in [0.25, 0.3) is 10.4 Å². The van der Waals surface area contributed by atoms with Crippen molar-refractivity contribution in [1.29, 1.82) is 0 Å². The van der Waals surface area contributed by atoms with Crippen LogP contribution in [0.2, 0.25) is 5.02 Å². The highest BCUT2D eigenvalue weighted by Crippen LogP contribution is 2.39. The Morgan fingerprint density at radius 2 is 1.92 bits per heavy atom. The molecule has 0 aliphatic heterocycles. The van der Waals surface area contributed by atoms with Gasteiger partial charge in [-0.15, -0.1) is 11.3 Å². The van der Waals surface area contributed by atoms with Gasteiger partial charge in [-0.25, -0.2) is 4.98 Å². The second-order valence-electron chi connectivity index (χ2n) is 5.68. The van der Waals surface area contributed by atoms with Crippen molar-refractivity contribution in [3.05, 3.63) is 64.3 Å². The molecular formula is C20H21ClN2O2S. The predicted octanol–water partition coefficient (Wildman–Crippen LogP) is 4.81. The molecule has 4 nitrogen and oxygen atoms in total. The van der Waals surface area contributed by atoms with E-state index in [2.05, 4.69) is 16.4 Å². The Hall–Kier alpha value is -2.08. The number of ether oxygens (including phenoxy) is 2. The summed E-state index contributed by atoms with van der Waals surface area (Å²) in [5.41, 5.74) is 2.15. The number of benzene rings is 2. The van der Waals surface area contributed by atoms with E-state index in [0.29, 0.717) is 0 Å². The molecule has 3 aromatic rings. The molecule has 0 radical (unpaired) electrons. The number of para-hydroxylation sites is 1. The summed E-state index contributed by atoms with van der Waals surface area (Å²) in [4.78, 5) is 5.58. The van der Waals surface area contributed by atoms with E-state index in [9.17, 15) is 0 Å². The van der Waals surface area contributed by atoms with Crippen LogP contribution >= 0.6 is 22.9 Å². The quantitative estimate of drug-likeness (QED) is 0.562. The Morgan fingerprint density at radius 1 is 1.08 bits per heavy atom. The number of nitrogens with one attached hydrogen (secondary N) is 1. The molecule has 0 spiro atoms. The summed E-state index contributed by atoms with van der Waals surface area (Å²) in [6.07, 6.45) is 2.77. The first kappa shape index (κ1) is 18.7. The average molecular weight is 389 g/mol. The predicted molar refractivity (Wildman–Crippen MR) is 108 cm³/mol. The molecule has 0 bridgehead atoms. The van der Waals surface area contributed by atoms with Crippen molar-refractivity contribution in [3.63, 3.8) is 0 Å². The van der Waals surface area contributed by atoms with Gasteiger partial charge in [0.05, 0.1) is 19.1 Å². The highest BCUT2D eigenvalue weighted by atomic mass is 35.5. The number of halogens is 1. The second-order valence-corrected chi connectivity index (χ2v) is 7.20. The van der Waals surface area contributed by atoms with Crippen LogP contribution in [0.1, 0.15) is 10.6 Å². The summed E-state index contributed by atoms with van der Waals surface area (Å²) in [5.74, 6) is 1.45. The van der Waals surface area contributed by atoms with Gasteiger partial charge in [-0.3, -0.25) is 0 Å². The van der Waals surface area contributed by atoms with E-state index in [-0.39, 0.29) is 0 Å². The lowest BCUT2D eigenvalue weighted by Gasteiger charge is -2.10. The molecule has 136 valence electrons. The van der Waals surface area contributed by atoms with Gasteiger partial charge in [-0.2, -0.15) is 0 Å². The molecule has 1 aromatic heterocycles. The summed E-state index contributed by atoms with van der Waals surface area (Å²) in [6.45, 7) is 1.57. The van der Waals surface area contributed by atoms with Crippen molar-refractivity contribution in [2.75, 3.05) is 20.8 Å². The second kappa shape index (κ2) is 9.03. The van der Waals surface area contributed by atoms with Gasteiger partial charge in [-0.1, -0.05) is 35.9 Å². The summed E-state index contributed by atoms with van der Waals surface area (Å²) < 4.78 is 10.9. The molecule has 0 fully saturated rings. The van der Waals surface area contributed by atoms with Crippen molar-refractivity contribution in [2.24, 2.45) is 0 Å². The lowest BCUT2D eigenvalue weighted by atomic mass is 10.1. The number of methoxy groups -OCH3 is 2. The normalized spacial score (nSPS) is 10.7. The molecule has 0 saturated heterocycles. The van der Waals surface area contributed by atoms with Crippen molar-refractivity contribution < 1.29 is 9.47 Å². The molecule has 1 heterocycles. The van der Waals surface area contributed by atoms with Crippen molar-refractivity contribution >= 4 is 22.9 Å². The molecule has 2 aromatic carbocycles. The van der Waals surface area contributed by atoms with E-state index in [0.717, 1.165) is 57.0 Å². The summed E-state index contributed by atoms with van der Waals surface area (Å²) in [7, 11) is 3.29. The number of hydrogen-bond acceptors (Lipinski definition) is 5. The maximum Gasteiger partial charge on any atom is 0.169 e. The maximum atomic E-state index is 6.18. The molecule has 1 N–H and O–H groups in total. The standard InChI is InChI=1S/C20H21ClN2O2S/c1-24-17-9-5-7-15(20(17)25-2)18-12-23-19(26-18)13-22-11-10-14-6-3-4-8-16(14)21/h3-9,12,22H,10-11,13H2,1-2H3. The number of nitrogens with zero attached hydrogens (tertiary/aromatic N) is 1. The molecule has 0 amide bonds. The highest BCUT2D eigenvalue weighted by Gasteiger charge is 2.13. The van der Waals surface area contributed by atoms with Gasteiger partial charge < -0.3 is 14.8 Å². The Morgan fingerprint density at radius 3 is 2.69 bits per heavy atom. The van der Waals surface area contributed by atoms with E-state index >= 15 is 0 Å². The number of thiazole rings is 1. The SMILES string of the molecule is COc1cccc(-c2cnc(CNCCc3ccccc3Cl)s2)c1OC. The topological polar surface area (TPSA) is 43.4 Å². The molecular weight excluding hydrogens is 368 g/mol. The molecule has 0 aliphatic rings. The van der Waals surface area contributed by atoms with Gasteiger partial charge in [0.2, 0.25) is 0 Å². The van der Waals surface area contributed by atoms with E-state index in [1.54, 1.807) is 25.6 Å². The zero-order valence-corrected chi connectivity index (χ0v) is 16.4. The van der Waals surface area contributed by atoms with Gasteiger partial charge in [0.15, 0.2) is 11.5 Å². The largest absolute Gasteiger partial charge is 0.493 e. The zero-order chi connectivity index (χ0) is 18.4. The van der Waals surface area contributed by atoms with Crippen LogP contribution in [0.5, 0.6) is 11.5 Å². The van der Waals surface area contributed by atoms with Gasteiger partial charge in [0.1, 0.15) is 5.01 Å². The van der Waals surface area contributed by atoms with Crippen LogP contribution in [0.4, 0.5) is 0 Å². The van der Waals surface area contributed by atoms with Crippen molar-refractivity contribution in [3.8, 4) is 21.9 Å². The zero-order valence-electron chi connectivity index (χ0n) is 14.8. The van der Waals surface area contributed by atoms with E-state index in [1.165, 1.54) is 0 Å². The first-order chi connectivity index (χ1) is 12.7. The smallest absolute Gasteiger partial charge is 0.169 e. The fraction of sp³-hybridized carbons (Fsp3) is 0.250. The fourth-order valence-electron chi connectivity index (χ4n) is 2.72. The molecule has 6 heteroatoms. The van der Waals surface area contributed by atoms with Crippen LogP contribution in [-0.4, -0.2) is 25.7 Å². The molecule has 0 aliphatic carbocycles. The van der Waals surface area contributed by atoms with E-state index in [4.69, 9.17) is 21.1 Å². The van der Waals surface area contributed by atoms with Crippen LogP contribution < -0.4 is 14.8 Å². The molecule has 0 atom stereocenters. The van der Waals surface area contributed by atoms with E-state index < -0.39 is 0 Å². The van der Waals surface area contributed by atoms with Crippen LogP contribution in [0, 0.1) is 0 Å². The minimum atomic E-state index is 0.720.